The number of aliphatic hydroxyl groups is 1. The summed E-state index contributed by atoms with van der Waals surface area (Å²) >= 11 is 6.00. The molecule has 0 bridgehead atoms. The van der Waals surface area contributed by atoms with Crippen molar-refractivity contribution in [3.05, 3.63) is 35.9 Å². The van der Waals surface area contributed by atoms with Gasteiger partial charge in [0.15, 0.2) is 0 Å². The monoisotopic (exact) mass is 361 g/mol. The fraction of sp³-hybridized carbons (Fsp3) is 0.500. The van der Waals surface area contributed by atoms with Crippen molar-refractivity contribution in [2.75, 3.05) is 13.1 Å². The van der Waals surface area contributed by atoms with Gasteiger partial charge in [0.1, 0.15) is 0 Å². The minimum atomic E-state index is -4.03. The number of benzene rings is 1. The van der Waals surface area contributed by atoms with E-state index in [2.05, 4.69) is 0 Å². The topological polar surface area (TPSA) is 104 Å². The number of amides is 1. The van der Waals surface area contributed by atoms with Crippen LogP contribution in [0.15, 0.2) is 30.3 Å². The Morgan fingerprint density at radius 1 is 1.35 bits per heavy atom. The molecule has 9 heteroatoms. The Morgan fingerprint density at radius 2 is 1.91 bits per heavy atom. The molecule has 0 saturated carbocycles. The summed E-state index contributed by atoms with van der Waals surface area (Å²) in [5.74, 6) is -1.11. The Hall–Kier alpha value is -1.19. The molecule has 7 nitrogen and oxygen atoms in total. The van der Waals surface area contributed by atoms with E-state index in [1.165, 1.54) is 4.31 Å². The lowest BCUT2D eigenvalue weighted by Gasteiger charge is -2.34. The second kappa shape index (κ2) is 7.59. The van der Waals surface area contributed by atoms with Crippen LogP contribution >= 0.6 is 11.6 Å². The highest BCUT2D eigenvalue weighted by Gasteiger charge is 2.38. The van der Waals surface area contributed by atoms with Crippen LogP contribution in [0.4, 0.5) is 0 Å². The summed E-state index contributed by atoms with van der Waals surface area (Å²) in [6.07, 6.45) is -0.881. The number of hydrogen-bond acceptors (Lipinski definition) is 4. The molecular formula is C14H20ClN3O4S. The van der Waals surface area contributed by atoms with E-state index in [0.29, 0.717) is 18.4 Å². The summed E-state index contributed by atoms with van der Waals surface area (Å²) in [4.78, 5) is 11.3. The molecule has 1 unspecified atom stereocenters. The number of aliphatic hydroxyl groups excluding tert-OH is 1. The quantitative estimate of drug-likeness (QED) is 0.559. The zero-order chi connectivity index (χ0) is 17.0. The zero-order valence-corrected chi connectivity index (χ0v) is 14.1. The van der Waals surface area contributed by atoms with Gasteiger partial charge >= 0.3 is 0 Å². The van der Waals surface area contributed by atoms with Crippen molar-refractivity contribution in [1.29, 1.82) is 0 Å². The molecule has 3 N–H and O–H groups in total. The fourth-order valence-corrected chi connectivity index (χ4v) is 4.24. The van der Waals surface area contributed by atoms with Gasteiger partial charge in [-0.2, -0.15) is 12.7 Å². The average Bonchev–Trinajstić information content (AvgIpc) is 2.53. The van der Waals surface area contributed by atoms with Gasteiger partial charge in [-0.25, -0.2) is 0 Å². The third kappa shape index (κ3) is 4.42. The molecule has 1 saturated heterocycles. The highest BCUT2D eigenvalue weighted by molar-refractivity contribution is 7.86. The van der Waals surface area contributed by atoms with Crippen molar-refractivity contribution in [2.45, 2.75) is 31.0 Å². The second-order valence-corrected chi connectivity index (χ2v) is 7.89. The number of carbonyl (C=O) groups excluding carboxylic acids is 1. The van der Waals surface area contributed by atoms with E-state index >= 15 is 0 Å². The lowest BCUT2D eigenvalue weighted by atomic mass is 10.2. The Bertz CT molecular complexity index is 633. The zero-order valence-electron chi connectivity index (χ0n) is 12.5. The summed E-state index contributed by atoms with van der Waals surface area (Å²) in [5.41, 5.74) is 5.75. The van der Waals surface area contributed by atoms with Crippen LogP contribution in [0.2, 0.25) is 0 Å². The molecule has 1 fully saturated rings. The van der Waals surface area contributed by atoms with Crippen molar-refractivity contribution in [3.8, 4) is 0 Å². The van der Waals surface area contributed by atoms with Crippen molar-refractivity contribution in [2.24, 2.45) is 5.73 Å². The molecule has 1 aromatic rings. The Labute approximate surface area is 140 Å². The van der Waals surface area contributed by atoms with E-state index in [4.69, 9.17) is 17.3 Å². The number of piperidine rings is 1. The number of rotatable bonds is 6. The normalized spacial score (nSPS) is 18.9. The standard InChI is InChI=1S/C14H20ClN3O4S/c15-12-6-8-17(9-7-12)23(21,22)18(14(20)13(16)19)10-11-4-2-1-3-5-11/h1-5,12,14,20H,6-10H2,(H2,16,19). The lowest BCUT2D eigenvalue weighted by molar-refractivity contribution is -0.132. The van der Waals surface area contributed by atoms with Gasteiger partial charge in [0.25, 0.3) is 16.1 Å². The van der Waals surface area contributed by atoms with Gasteiger partial charge in [0.2, 0.25) is 6.23 Å². The molecule has 1 atom stereocenters. The number of halogens is 1. The first kappa shape index (κ1) is 18.2. The third-order valence-corrected chi connectivity index (χ3v) is 6.09. The van der Waals surface area contributed by atoms with Gasteiger partial charge in [0, 0.05) is 25.0 Å². The molecule has 2 rings (SSSR count). The maximum atomic E-state index is 12.8. The van der Waals surface area contributed by atoms with Crippen LogP contribution in [0.1, 0.15) is 18.4 Å². The number of primary amides is 1. The van der Waals surface area contributed by atoms with E-state index in [9.17, 15) is 18.3 Å². The summed E-state index contributed by atoms with van der Waals surface area (Å²) in [5, 5.41) is 9.92. The van der Waals surface area contributed by atoms with Crippen molar-refractivity contribution in [3.63, 3.8) is 0 Å². The number of alkyl halides is 1. The van der Waals surface area contributed by atoms with Gasteiger partial charge in [0.05, 0.1) is 0 Å². The van der Waals surface area contributed by atoms with Gasteiger partial charge in [-0.05, 0) is 18.4 Å². The minimum Gasteiger partial charge on any atom is -0.369 e. The predicted octanol–water partition coefficient (Wildman–Crippen LogP) is 0.240. The molecule has 0 spiro atoms. The number of hydrogen-bond donors (Lipinski definition) is 2. The van der Waals surface area contributed by atoms with E-state index in [1.807, 2.05) is 0 Å². The smallest absolute Gasteiger partial charge is 0.284 e. The summed E-state index contributed by atoms with van der Waals surface area (Å²) in [6.45, 7) is 0.342. The van der Waals surface area contributed by atoms with Crippen LogP contribution in [0.5, 0.6) is 0 Å². The molecule has 0 aliphatic carbocycles. The predicted molar refractivity (Wildman–Crippen MR) is 86.6 cm³/mol. The van der Waals surface area contributed by atoms with Gasteiger partial charge in [-0.15, -0.1) is 15.9 Å². The molecule has 0 aromatic heterocycles. The summed E-state index contributed by atoms with van der Waals surface area (Å²) < 4.78 is 27.5. The fourth-order valence-electron chi connectivity index (χ4n) is 2.40. The Morgan fingerprint density at radius 3 is 2.43 bits per heavy atom. The first-order valence-corrected chi connectivity index (χ1v) is 9.08. The van der Waals surface area contributed by atoms with Crippen LogP contribution in [-0.4, -0.2) is 52.7 Å². The molecular weight excluding hydrogens is 342 g/mol. The van der Waals surface area contributed by atoms with E-state index in [-0.39, 0.29) is 25.0 Å². The average molecular weight is 362 g/mol. The molecule has 1 heterocycles. The van der Waals surface area contributed by atoms with Crippen molar-refractivity contribution < 1.29 is 18.3 Å². The van der Waals surface area contributed by atoms with E-state index in [1.54, 1.807) is 30.3 Å². The van der Waals surface area contributed by atoms with Crippen LogP contribution < -0.4 is 5.73 Å². The van der Waals surface area contributed by atoms with Crippen LogP contribution in [0.25, 0.3) is 0 Å². The molecule has 128 valence electrons. The summed E-state index contributed by atoms with van der Waals surface area (Å²) in [7, 11) is -4.03. The highest BCUT2D eigenvalue weighted by atomic mass is 35.5. The second-order valence-electron chi connectivity index (χ2n) is 5.39. The van der Waals surface area contributed by atoms with Crippen LogP contribution in [0, 0.1) is 0 Å². The van der Waals surface area contributed by atoms with Gasteiger partial charge in [-0.1, -0.05) is 30.3 Å². The molecule has 23 heavy (non-hydrogen) atoms. The van der Waals surface area contributed by atoms with Crippen LogP contribution in [-0.2, 0) is 21.5 Å². The molecule has 0 radical (unpaired) electrons. The molecule has 1 aliphatic heterocycles. The largest absolute Gasteiger partial charge is 0.369 e. The first-order valence-electron chi connectivity index (χ1n) is 7.24. The molecule has 1 aliphatic rings. The molecule has 1 aromatic carbocycles. The number of carbonyl (C=O) groups is 1. The van der Waals surface area contributed by atoms with Crippen LogP contribution in [0.3, 0.4) is 0 Å². The van der Waals surface area contributed by atoms with Gasteiger partial charge < -0.3 is 10.8 Å². The van der Waals surface area contributed by atoms with Crippen molar-refractivity contribution >= 4 is 27.7 Å². The van der Waals surface area contributed by atoms with E-state index < -0.39 is 22.3 Å². The Kier molecular flexibility index (Phi) is 5.99. The minimum absolute atomic E-state index is 0.0647. The highest BCUT2D eigenvalue weighted by Crippen LogP contribution is 2.22. The first-order chi connectivity index (χ1) is 10.8. The lowest BCUT2D eigenvalue weighted by Crippen LogP contribution is -2.54. The maximum absolute atomic E-state index is 12.8. The molecule has 1 amide bonds. The van der Waals surface area contributed by atoms with E-state index in [0.717, 1.165) is 4.31 Å². The number of nitrogens with zero attached hydrogens (tertiary/aromatic N) is 2. The Balaban J connectivity index is 2.26. The summed E-state index contributed by atoms with van der Waals surface area (Å²) in [6, 6.07) is 8.70. The third-order valence-electron chi connectivity index (χ3n) is 3.71. The van der Waals surface area contributed by atoms with Crippen molar-refractivity contribution in [1.82, 2.24) is 8.61 Å². The van der Waals surface area contributed by atoms with Gasteiger partial charge in [-0.3, -0.25) is 4.79 Å². The maximum Gasteiger partial charge on any atom is 0.284 e. The SMILES string of the molecule is NC(=O)C(O)N(Cc1ccccc1)S(=O)(=O)N1CCC(Cl)CC1. The number of nitrogens with two attached hydrogens (primary N) is 1.